The number of ether oxygens (including phenoxy) is 3. The molecule has 6 N–H and O–H groups in total. The molecule has 16 heteroatoms. The van der Waals surface area contributed by atoms with Crippen molar-refractivity contribution < 1.29 is 67.4 Å². The van der Waals surface area contributed by atoms with Gasteiger partial charge in [0.1, 0.15) is 60.3 Å². The Morgan fingerprint density at radius 2 is 0.929 bits per heavy atom. The number of para-hydroxylation sites is 2. The Morgan fingerprint density at radius 3 is 1.32 bits per heavy atom. The highest BCUT2D eigenvalue weighted by atomic mass is 31.2. The standard InChI is InChI=1S/C40H49O14PSi/c1-40(2,3)56(28-20-12-6-13-21-28,29-22-14-7-15-23-29)49-25-31-33(42)35(44)37(46)39(51-31)52-38-36(45)34(43)32(41)30(50-38)24-48-55(47,53-26-16-8-4-9-17-26)54-27-18-10-5-11-19-27/h4-23,30-39,41-46H,24-25H2,1-3H3/t30-,31-,32-,33-,34+,35+,36-,37-,38-,39-/m1/s1. The molecule has 0 unspecified atom stereocenters. The van der Waals surface area contributed by atoms with Gasteiger partial charge in [-0.3, -0.25) is 4.52 Å². The first-order chi connectivity index (χ1) is 26.7. The molecule has 0 saturated carbocycles. The molecule has 10 atom stereocenters. The number of aliphatic hydroxyl groups excluding tert-OH is 6. The minimum atomic E-state index is -4.47. The molecular formula is C40H49O14PSi. The highest BCUT2D eigenvalue weighted by molar-refractivity contribution is 7.49. The van der Waals surface area contributed by atoms with Crippen LogP contribution in [0.15, 0.2) is 121 Å². The first kappa shape index (κ1) is 42.1. The fraction of sp³-hybridized carbons (Fsp3) is 0.400. The van der Waals surface area contributed by atoms with Gasteiger partial charge in [-0.15, -0.1) is 0 Å². The Balaban J connectivity index is 1.19. The minimum absolute atomic E-state index is 0.159. The van der Waals surface area contributed by atoms with Crippen LogP contribution in [0.1, 0.15) is 20.8 Å². The lowest BCUT2D eigenvalue weighted by atomic mass is 9.98. The molecule has 2 heterocycles. The molecule has 56 heavy (non-hydrogen) atoms. The first-order valence-corrected chi connectivity index (χ1v) is 21.6. The zero-order valence-electron chi connectivity index (χ0n) is 31.1. The molecule has 0 spiro atoms. The second kappa shape index (κ2) is 18.0. The van der Waals surface area contributed by atoms with Gasteiger partial charge < -0.3 is 58.3 Å². The van der Waals surface area contributed by atoms with E-state index in [1.165, 1.54) is 24.3 Å². The number of hydrogen-bond donors (Lipinski definition) is 6. The molecule has 6 rings (SSSR count). The fourth-order valence-electron chi connectivity index (χ4n) is 6.89. The van der Waals surface area contributed by atoms with Crippen LogP contribution in [0, 0.1) is 0 Å². The maximum atomic E-state index is 13.9. The Labute approximate surface area is 326 Å². The Hall–Kier alpha value is -3.51. The smallest absolute Gasteiger partial charge is 0.405 e. The van der Waals surface area contributed by atoms with Crippen LogP contribution in [0.3, 0.4) is 0 Å². The quantitative estimate of drug-likeness (QED) is 0.0801. The lowest BCUT2D eigenvalue weighted by Crippen LogP contribution is -2.68. The summed E-state index contributed by atoms with van der Waals surface area (Å²) in [6.07, 6.45) is -17.0. The van der Waals surface area contributed by atoms with Gasteiger partial charge in [0, 0.05) is 0 Å². The third-order valence-electron chi connectivity index (χ3n) is 9.80. The highest BCUT2D eigenvalue weighted by Gasteiger charge is 2.54. The van der Waals surface area contributed by atoms with Crippen molar-refractivity contribution in [1.82, 2.24) is 0 Å². The summed E-state index contributed by atoms with van der Waals surface area (Å²) in [6.45, 7) is 5.30. The summed E-state index contributed by atoms with van der Waals surface area (Å²) in [7, 11) is -7.61. The van der Waals surface area contributed by atoms with Crippen molar-refractivity contribution >= 4 is 26.5 Å². The van der Waals surface area contributed by atoms with Crippen molar-refractivity contribution in [3.05, 3.63) is 121 Å². The lowest BCUT2D eigenvalue weighted by Gasteiger charge is -2.47. The predicted molar refractivity (Wildman–Crippen MR) is 206 cm³/mol. The number of phosphoric ester groups is 1. The number of rotatable bonds is 14. The van der Waals surface area contributed by atoms with Crippen LogP contribution in [0.5, 0.6) is 11.5 Å². The van der Waals surface area contributed by atoms with Crippen molar-refractivity contribution in [1.29, 1.82) is 0 Å². The van der Waals surface area contributed by atoms with Gasteiger partial charge in [-0.1, -0.05) is 118 Å². The molecule has 2 aliphatic heterocycles. The number of hydrogen-bond acceptors (Lipinski definition) is 14. The number of phosphoric acid groups is 1. The predicted octanol–water partition coefficient (Wildman–Crippen LogP) is 2.48. The minimum Gasteiger partial charge on any atom is -0.405 e. The van der Waals surface area contributed by atoms with Crippen LogP contribution >= 0.6 is 7.82 Å². The van der Waals surface area contributed by atoms with E-state index in [-0.39, 0.29) is 18.1 Å². The Kier molecular flexibility index (Phi) is 13.5. The third-order valence-corrected chi connectivity index (χ3v) is 16.1. The second-order valence-electron chi connectivity index (χ2n) is 14.7. The molecule has 0 bridgehead atoms. The maximum absolute atomic E-state index is 13.9. The van der Waals surface area contributed by atoms with Crippen molar-refractivity contribution in [2.45, 2.75) is 87.2 Å². The van der Waals surface area contributed by atoms with E-state index in [4.69, 9.17) is 32.2 Å². The van der Waals surface area contributed by atoms with E-state index in [1.54, 1.807) is 36.4 Å². The van der Waals surface area contributed by atoms with Gasteiger partial charge in [0.2, 0.25) is 0 Å². The van der Waals surface area contributed by atoms with Gasteiger partial charge in [0.15, 0.2) is 12.6 Å². The van der Waals surface area contributed by atoms with Crippen LogP contribution in [-0.2, 0) is 27.7 Å². The van der Waals surface area contributed by atoms with Crippen molar-refractivity contribution in [3.8, 4) is 11.5 Å². The third kappa shape index (κ3) is 9.27. The summed E-state index contributed by atoms with van der Waals surface area (Å²) in [5.41, 5.74) is 0. The average molecular weight is 813 g/mol. The van der Waals surface area contributed by atoms with Gasteiger partial charge in [-0.05, 0) is 39.7 Å². The van der Waals surface area contributed by atoms with Gasteiger partial charge >= 0.3 is 7.82 Å². The van der Waals surface area contributed by atoms with Gasteiger partial charge in [-0.25, -0.2) is 4.57 Å². The lowest BCUT2D eigenvalue weighted by molar-refractivity contribution is -0.375. The molecule has 0 aromatic heterocycles. The Morgan fingerprint density at radius 1 is 0.554 bits per heavy atom. The molecular weight excluding hydrogens is 763 g/mol. The van der Waals surface area contributed by atoms with Gasteiger partial charge in [0.05, 0.1) is 13.2 Å². The maximum Gasteiger partial charge on any atom is 0.587 e. The molecule has 2 fully saturated rings. The van der Waals surface area contributed by atoms with Crippen LogP contribution in [0.25, 0.3) is 0 Å². The zero-order chi connectivity index (χ0) is 40.1. The van der Waals surface area contributed by atoms with E-state index in [2.05, 4.69) is 20.8 Å². The SMILES string of the molecule is CC(C)(C)[Si](OC[C@H]1O[C@H](O[C@H]2O[C@H](COP(=O)(Oc3ccccc3)Oc3ccccc3)[C@@H](O)[C@H](O)[C@H]2O)[C@H](O)[C@@H](O)[C@@H]1O)(c1ccccc1)c1ccccc1. The molecule has 0 aliphatic carbocycles. The normalized spacial score (nSPS) is 28.7. The number of aliphatic hydroxyl groups is 6. The fourth-order valence-corrected chi connectivity index (χ4v) is 12.7. The van der Waals surface area contributed by atoms with Crippen molar-refractivity contribution in [2.24, 2.45) is 0 Å². The topological polar surface area (TPSA) is 203 Å². The van der Waals surface area contributed by atoms with Crippen LogP contribution in [0.2, 0.25) is 5.04 Å². The van der Waals surface area contributed by atoms with Crippen LogP contribution in [0.4, 0.5) is 0 Å². The molecule has 4 aromatic carbocycles. The summed E-state index contributed by atoms with van der Waals surface area (Å²) < 4.78 is 55.3. The molecule has 0 radical (unpaired) electrons. The monoisotopic (exact) mass is 812 g/mol. The highest BCUT2D eigenvalue weighted by Crippen LogP contribution is 2.50. The van der Waals surface area contributed by atoms with Crippen molar-refractivity contribution in [3.63, 3.8) is 0 Å². The molecule has 0 amide bonds. The summed E-state index contributed by atoms with van der Waals surface area (Å²) >= 11 is 0. The summed E-state index contributed by atoms with van der Waals surface area (Å²) in [4.78, 5) is 0. The molecule has 2 saturated heterocycles. The Bertz CT molecular complexity index is 1770. The van der Waals surface area contributed by atoms with E-state index in [0.717, 1.165) is 10.4 Å². The van der Waals surface area contributed by atoms with E-state index >= 15 is 0 Å². The second-order valence-corrected chi connectivity index (χ2v) is 20.5. The summed E-state index contributed by atoms with van der Waals surface area (Å²) in [5, 5.41) is 67.2. The summed E-state index contributed by atoms with van der Waals surface area (Å²) in [6, 6.07) is 35.7. The zero-order valence-corrected chi connectivity index (χ0v) is 33.0. The number of benzene rings is 4. The first-order valence-electron chi connectivity index (χ1n) is 18.3. The van der Waals surface area contributed by atoms with Gasteiger partial charge in [-0.2, -0.15) is 0 Å². The van der Waals surface area contributed by atoms with Crippen LogP contribution in [-0.4, -0.2) is 114 Å². The largest absolute Gasteiger partial charge is 0.587 e. The van der Waals surface area contributed by atoms with E-state index in [1.807, 2.05) is 60.7 Å². The average Bonchev–Trinajstić information content (AvgIpc) is 3.19. The van der Waals surface area contributed by atoms with E-state index in [9.17, 15) is 35.2 Å². The van der Waals surface area contributed by atoms with Gasteiger partial charge in [0.25, 0.3) is 8.32 Å². The van der Waals surface area contributed by atoms with Crippen LogP contribution < -0.4 is 19.4 Å². The molecule has 2 aliphatic rings. The molecule has 302 valence electrons. The molecule has 4 aromatic rings. The van der Waals surface area contributed by atoms with Crippen molar-refractivity contribution in [2.75, 3.05) is 13.2 Å². The summed E-state index contributed by atoms with van der Waals surface area (Å²) in [5.74, 6) is 0.317. The van der Waals surface area contributed by atoms with E-state index in [0.29, 0.717) is 0 Å². The molecule has 14 nitrogen and oxygen atoms in total. The van der Waals surface area contributed by atoms with E-state index < -0.39 is 89.2 Å².